The van der Waals surface area contributed by atoms with E-state index < -0.39 is 11.5 Å². The van der Waals surface area contributed by atoms with Crippen LogP contribution in [0.4, 0.5) is 4.79 Å². The summed E-state index contributed by atoms with van der Waals surface area (Å²) in [5.41, 5.74) is 1.28. The van der Waals surface area contributed by atoms with Crippen LogP contribution in [0.25, 0.3) is 0 Å². The summed E-state index contributed by atoms with van der Waals surface area (Å²) in [4.78, 5) is 30.7. The van der Waals surface area contributed by atoms with Gasteiger partial charge in [0.15, 0.2) is 0 Å². The fourth-order valence-corrected chi connectivity index (χ4v) is 3.03. The van der Waals surface area contributed by atoms with E-state index in [4.69, 9.17) is 9.47 Å². The first kappa shape index (κ1) is 19.9. The van der Waals surface area contributed by atoms with Gasteiger partial charge in [0.25, 0.3) is 0 Å². The lowest BCUT2D eigenvalue weighted by atomic mass is 9.90. The summed E-state index contributed by atoms with van der Waals surface area (Å²) in [5.74, 6) is 0.219. The van der Waals surface area contributed by atoms with Crippen LogP contribution in [0, 0.1) is 0 Å². The molecule has 0 saturated carbocycles. The Kier molecular flexibility index (Phi) is 5.97. The SMILES string of the molecule is CC(C)(C)OC(=O)N1CCC(=O)[C@@H](c2ccc(OCc3ccccc3)nc2)C1. The van der Waals surface area contributed by atoms with E-state index in [9.17, 15) is 9.59 Å². The van der Waals surface area contributed by atoms with Crippen molar-refractivity contribution in [2.45, 2.75) is 45.3 Å². The van der Waals surface area contributed by atoms with Crippen molar-refractivity contribution in [3.8, 4) is 5.88 Å². The van der Waals surface area contributed by atoms with E-state index in [0.29, 0.717) is 32.0 Å². The number of carbonyl (C=O) groups excluding carboxylic acids is 2. The fraction of sp³-hybridized carbons (Fsp3) is 0.409. The summed E-state index contributed by atoms with van der Waals surface area (Å²) in [6.07, 6.45) is 1.58. The quantitative estimate of drug-likeness (QED) is 0.801. The molecular weight excluding hydrogens is 356 g/mol. The van der Waals surface area contributed by atoms with Gasteiger partial charge in [-0.2, -0.15) is 0 Å². The second kappa shape index (κ2) is 8.42. The zero-order valence-electron chi connectivity index (χ0n) is 16.6. The van der Waals surface area contributed by atoms with Gasteiger partial charge in [-0.05, 0) is 31.9 Å². The third-order valence-corrected chi connectivity index (χ3v) is 4.46. The van der Waals surface area contributed by atoms with E-state index in [-0.39, 0.29) is 11.9 Å². The van der Waals surface area contributed by atoms with Gasteiger partial charge >= 0.3 is 6.09 Å². The number of nitrogens with zero attached hydrogens (tertiary/aromatic N) is 2. The molecule has 1 fully saturated rings. The highest BCUT2D eigenvalue weighted by Crippen LogP contribution is 2.26. The largest absolute Gasteiger partial charge is 0.473 e. The molecule has 28 heavy (non-hydrogen) atoms. The van der Waals surface area contributed by atoms with E-state index in [2.05, 4.69) is 4.98 Å². The zero-order valence-corrected chi connectivity index (χ0v) is 16.6. The first-order valence-electron chi connectivity index (χ1n) is 9.45. The van der Waals surface area contributed by atoms with Crippen LogP contribution in [0.15, 0.2) is 48.7 Å². The summed E-state index contributed by atoms with van der Waals surface area (Å²) in [7, 11) is 0. The predicted molar refractivity (Wildman–Crippen MR) is 105 cm³/mol. The van der Waals surface area contributed by atoms with E-state index in [1.54, 1.807) is 17.2 Å². The maximum absolute atomic E-state index is 12.4. The normalized spacial score (nSPS) is 17.3. The Morgan fingerprint density at radius 3 is 2.57 bits per heavy atom. The van der Waals surface area contributed by atoms with Crippen LogP contribution in [-0.2, 0) is 16.1 Å². The second-order valence-corrected chi connectivity index (χ2v) is 7.90. The van der Waals surface area contributed by atoms with Gasteiger partial charge in [-0.15, -0.1) is 0 Å². The summed E-state index contributed by atoms with van der Waals surface area (Å²) >= 11 is 0. The van der Waals surface area contributed by atoms with Crippen molar-refractivity contribution in [3.63, 3.8) is 0 Å². The van der Waals surface area contributed by atoms with Gasteiger partial charge in [0, 0.05) is 31.8 Å². The molecule has 1 aliphatic heterocycles. The van der Waals surface area contributed by atoms with Crippen LogP contribution < -0.4 is 4.74 Å². The molecule has 1 aromatic carbocycles. The van der Waals surface area contributed by atoms with Crippen molar-refractivity contribution in [2.75, 3.05) is 13.1 Å². The van der Waals surface area contributed by atoms with Crippen molar-refractivity contribution in [2.24, 2.45) is 0 Å². The number of rotatable bonds is 4. The van der Waals surface area contributed by atoms with Crippen LogP contribution in [0.1, 0.15) is 44.2 Å². The van der Waals surface area contributed by atoms with Gasteiger partial charge in [-0.3, -0.25) is 4.79 Å². The lowest BCUT2D eigenvalue weighted by Gasteiger charge is -2.33. The molecule has 2 heterocycles. The molecule has 0 unspecified atom stereocenters. The minimum Gasteiger partial charge on any atom is -0.473 e. The molecule has 1 saturated heterocycles. The van der Waals surface area contributed by atoms with Crippen LogP contribution in [0.2, 0.25) is 0 Å². The van der Waals surface area contributed by atoms with Gasteiger partial charge < -0.3 is 14.4 Å². The van der Waals surface area contributed by atoms with Gasteiger partial charge in [0.05, 0.1) is 5.92 Å². The smallest absolute Gasteiger partial charge is 0.410 e. The average Bonchev–Trinajstić information content (AvgIpc) is 2.67. The highest BCUT2D eigenvalue weighted by molar-refractivity contribution is 5.88. The lowest BCUT2D eigenvalue weighted by molar-refractivity contribution is -0.123. The number of carbonyl (C=O) groups is 2. The van der Waals surface area contributed by atoms with Crippen LogP contribution in [0.5, 0.6) is 5.88 Å². The third kappa shape index (κ3) is 5.31. The average molecular weight is 382 g/mol. The molecule has 148 valence electrons. The number of aromatic nitrogens is 1. The molecule has 6 nitrogen and oxygen atoms in total. The first-order chi connectivity index (χ1) is 13.3. The molecule has 3 rings (SSSR count). The van der Waals surface area contributed by atoms with Crippen molar-refractivity contribution in [1.29, 1.82) is 0 Å². The van der Waals surface area contributed by atoms with Gasteiger partial charge in [0.2, 0.25) is 5.88 Å². The van der Waals surface area contributed by atoms with Gasteiger partial charge in [0.1, 0.15) is 18.0 Å². The standard InChI is InChI=1S/C22H26N2O4/c1-22(2,3)28-21(26)24-12-11-19(25)18(14-24)17-9-10-20(23-13-17)27-15-16-7-5-4-6-8-16/h4-10,13,18H,11-12,14-15H2,1-3H3/t18-/m1/s1. The van der Waals surface area contributed by atoms with Crippen molar-refractivity contribution in [1.82, 2.24) is 9.88 Å². The molecule has 0 aliphatic carbocycles. The third-order valence-electron chi connectivity index (χ3n) is 4.46. The minimum atomic E-state index is -0.562. The minimum absolute atomic E-state index is 0.111. The monoisotopic (exact) mass is 382 g/mol. The Morgan fingerprint density at radius 1 is 1.18 bits per heavy atom. The highest BCUT2D eigenvalue weighted by atomic mass is 16.6. The predicted octanol–water partition coefficient (Wildman–Crippen LogP) is 3.95. The van der Waals surface area contributed by atoms with Gasteiger partial charge in [-0.1, -0.05) is 36.4 Å². The van der Waals surface area contributed by atoms with Crippen LogP contribution in [-0.4, -0.2) is 40.5 Å². The maximum Gasteiger partial charge on any atom is 0.410 e. The van der Waals surface area contributed by atoms with E-state index in [0.717, 1.165) is 11.1 Å². The number of piperidine rings is 1. The number of Topliss-reactive ketones (excluding diaryl/α,β-unsaturated/α-hetero) is 1. The number of ketones is 1. The van der Waals surface area contributed by atoms with Crippen molar-refractivity contribution < 1.29 is 19.1 Å². The molecule has 6 heteroatoms. The van der Waals surface area contributed by atoms with E-state index >= 15 is 0 Å². The molecule has 1 atom stereocenters. The number of hydrogen-bond donors (Lipinski definition) is 0. The number of hydrogen-bond acceptors (Lipinski definition) is 5. The Balaban J connectivity index is 1.63. The van der Waals surface area contributed by atoms with Crippen LogP contribution in [0.3, 0.4) is 0 Å². The number of benzene rings is 1. The van der Waals surface area contributed by atoms with Crippen molar-refractivity contribution >= 4 is 11.9 Å². The number of ether oxygens (including phenoxy) is 2. The van der Waals surface area contributed by atoms with Gasteiger partial charge in [-0.25, -0.2) is 9.78 Å². The lowest BCUT2D eigenvalue weighted by Crippen LogP contribution is -2.45. The number of likely N-dealkylation sites (tertiary alicyclic amines) is 1. The molecule has 1 aliphatic rings. The highest BCUT2D eigenvalue weighted by Gasteiger charge is 2.33. The first-order valence-corrected chi connectivity index (χ1v) is 9.45. The molecule has 0 spiro atoms. The molecule has 1 aromatic heterocycles. The molecule has 0 radical (unpaired) electrons. The molecule has 2 aromatic rings. The summed E-state index contributed by atoms with van der Waals surface area (Å²) in [6, 6.07) is 13.5. The Labute approximate surface area is 165 Å². The number of pyridine rings is 1. The summed E-state index contributed by atoms with van der Waals surface area (Å²) < 4.78 is 11.1. The van der Waals surface area contributed by atoms with Crippen molar-refractivity contribution in [3.05, 3.63) is 59.8 Å². The Hall–Kier alpha value is -2.89. The summed E-state index contributed by atoms with van der Waals surface area (Å²) in [5, 5.41) is 0. The number of amides is 1. The fourth-order valence-electron chi connectivity index (χ4n) is 3.03. The Bertz CT molecular complexity index is 813. The molecule has 0 bridgehead atoms. The molecule has 0 N–H and O–H groups in total. The molecule has 1 amide bonds. The Morgan fingerprint density at radius 2 is 1.93 bits per heavy atom. The summed E-state index contributed by atoms with van der Waals surface area (Å²) in [6.45, 7) is 6.61. The second-order valence-electron chi connectivity index (χ2n) is 7.90. The molecular formula is C22H26N2O4. The maximum atomic E-state index is 12.4. The van der Waals surface area contributed by atoms with E-state index in [1.165, 1.54) is 0 Å². The topological polar surface area (TPSA) is 68.7 Å². The van der Waals surface area contributed by atoms with Crippen LogP contribution >= 0.6 is 0 Å². The zero-order chi connectivity index (χ0) is 20.1. The van der Waals surface area contributed by atoms with E-state index in [1.807, 2.05) is 57.2 Å².